The Bertz CT molecular complexity index is 350. The monoisotopic (exact) mass is 211 g/mol. The van der Waals surface area contributed by atoms with Crippen molar-refractivity contribution in [1.29, 1.82) is 0 Å². The van der Waals surface area contributed by atoms with E-state index in [9.17, 15) is 4.79 Å². The molecule has 1 fully saturated rings. The van der Waals surface area contributed by atoms with Crippen molar-refractivity contribution in [1.82, 2.24) is 10.3 Å². The Labute approximate surface area is 86.9 Å². The molecule has 1 aliphatic heterocycles. The maximum absolute atomic E-state index is 11.8. The van der Waals surface area contributed by atoms with E-state index in [4.69, 9.17) is 0 Å². The lowest BCUT2D eigenvalue weighted by Crippen LogP contribution is -2.36. The third-order valence-electron chi connectivity index (χ3n) is 2.39. The lowest BCUT2D eigenvalue weighted by Gasteiger charge is -2.12. The van der Waals surface area contributed by atoms with Crippen LogP contribution in [-0.2, 0) is 4.79 Å². The molecule has 76 valence electrons. The number of thiazole rings is 1. The van der Waals surface area contributed by atoms with Crippen molar-refractivity contribution in [3.05, 3.63) is 11.1 Å². The highest BCUT2D eigenvalue weighted by atomic mass is 32.1. The van der Waals surface area contributed by atoms with Crippen molar-refractivity contribution < 1.29 is 4.79 Å². The van der Waals surface area contributed by atoms with Crippen LogP contribution in [0.5, 0.6) is 0 Å². The van der Waals surface area contributed by atoms with Gasteiger partial charge in [-0.3, -0.25) is 9.69 Å². The number of carbonyl (C=O) groups excluding carboxylic acids is 1. The first kappa shape index (κ1) is 9.61. The summed E-state index contributed by atoms with van der Waals surface area (Å²) in [4.78, 5) is 17.8. The molecule has 1 atom stereocenters. The molecule has 14 heavy (non-hydrogen) atoms. The molecule has 0 aliphatic carbocycles. The second kappa shape index (κ2) is 3.67. The van der Waals surface area contributed by atoms with Crippen molar-refractivity contribution in [3.63, 3.8) is 0 Å². The van der Waals surface area contributed by atoms with Crippen LogP contribution in [0.1, 0.15) is 12.1 Å². The van der Waals surface area contributed by atoms with Gasteiger partial charge in [-0.15, -0.1) is 11.3 Å². The largest absolute Gasteiger partial charge is 0.309 e. The Morgan fingerprint density at radius 3 is 3.00 bits per heavy atom. The second-order valence-corrected chi connectivity index (χ2v) is 4.23. The molecule has 0 saturated carbocycles. The van der Waals surface area contributed by atoms with E-state index >= 15 is 0 Å². The van der Waals surface area contributed by atoms with E-state index in [0.29, 0.717) is 0 Å². The van der Waals surface area contributed by atoms with Gasteiger partial charge in [0.05, 0.1) is 11.7 Å². The van der Waals surface area contributed by atoms with Crippen molar-refractivity contribution in [2.75, 3.05) is 18.5 Å². The van der Waals surface area contributed by atoms with Crippen LogP contribution in [0, 0.1) is 6.92 Å². The number of carbonyl (C=O) groups is 1. The number of rotatable bonds is 2. The minimum Gasteiger partial charge on any atom is -0.309 e. The summed E-state index contributed by atoms with van der Waals surface area (Å²) in [5.41, 5.74) is 0.978. The highest BCUT2D eigenvalue weighted by molar-refractivity contribution is 7.14. The van der Waals surface area contributed by atoms with E-state index in [2.05, 4.69) is 10.3 Å². The molecule has 1 aliphatic rings. The zero-order valence-electron chi connectivity index (χ0n) is 8.28. The lowest BCUT2D eigenvalue weighted by atomic mass is 10.3. The number of nitrogens with one attached hydrogen (secondary N) is 1. The molecule has 1 saturated heterocycles. The molecule has 2 rings (SSSR count). The predicted octanol–water partition coefficient (Wildman–Crippen LogP) is 0.776. The zero-order chi connectivity index (χ0) is 10.1. The SMILES string of the molecule is CNC1CCN(c2nc(C)cs2)C1=O. The van der Waals surface area contributed by atoms with Gasteiger partial charge in [0.1, 0.15) is 0 Å². The van der Waals surface area contributed by atoms with Gasteiger partial charge in [-0.25, -0.2) is 4.98 Å². The van der Waals surface area contributed by atoms with Crippen LogP contribution in [0.2, 0.25) is 0 Å². The zero-order valence-corrected chi connectivity index (χ0v) is 9.10. The highest BCUT2D eigenvalue weighted by Crippen LogP contribution is 2.24. The van der Waals surface area contributed by atoms with Crippen LogP contribution in [0.25, 0.3) is 0 Å². The van der Waals surface area contributed by atoms with Crippen LogP contribution < -0.4 is 10.2 Å². The minimum atomic E-state index is -0.0285. The maximum atomic E-state index is 11.8. The lowest BCUT2D eigenvalue weighted by molar-refractivity contribution is -0.118. The number of likely N-dealkylation sites (N-methyl/N-ethyl adjacent to an activating group) is 1. The predicted molar refractivity (Wildman–Crippen MR) is 56.7 cm³/mol. The van der Waals surface area contributed by atoms with Crippen molar-refractivity contribution >= 4 is 22.4 Å². The molecule has 2 heterocycles. The van der Waals surface area contributed by atoms with Crippen LogP contribution in [0.3, 0.4) is 0 Å². The van der Waals surface area contributed by atoms with Crippen LogP contribution in [0.4, 0.5) is 5.13 Å². The van der Waals surface area contributed by atoms with Crippen LogP contribution in [0.15, 0.2) is 5.38 Å². The van der Waals surface area contributed by atoms with Gasteiger partial charge in [0.15, 0.2) is 5.13 Å². The quantitative estimate of drug-likeness (QED) is 0.786. The third-order valence-corrected chi connectivity index (χ3v) is 3.37. The topological polar surface area (TPSA) is 45.2 Å². The Morgan fingerprint density at radius 1 is 1.71 bits per heavy atom. The van der Waals surface area contributed by atoms with Gasteiger partial charge in [0, 0.05) is 11.9 Å². The standard InChI is InChI=1S/C9H13N3OS/c1-6-5-14-9(11-6)12-4-3-7(10-2)8(12)13/h5,7,10H,3-4H2,1-2H3. The van der Waals surface area contributed by atoms with Crippen molar-refractivity contribution in [3.8, 4) is 0 Å². The van der Waals surface area contributed by atoms with Crippen molar-refractivity contribution in [2.24, 2.45) is 0 Å². The molecule has 1 unspecified atom stereocenters. The number of anilines is 1. The molecule has 1 aromatic rings. The Kier molecular flexibility index (Phi) is 2.52. The smallest absolute Gasteiger partial charge is 0.245 e. The number of amides is 1. The van der Waals surface area contributed by atoms with Gasteiger partial charge in [0.25, 0.3) is 0 Å². The summed E-state index contributed by atoms with van der Waals surface area (Å²) in [6, 6.07) is -0.0285. The second-order valence-electron chi connectivity index (χ2n) is 3.39. The van der Waals surface area contributed by atoms with E-state index in [1.807, 2.05) is 19.4 Å². The molecular weight excluding hydrogens is 198 g/mol. The fourth-order valence-corrected chi connectivity index (χ4v) is 2.44. The molecular formula is C9H13N3OS. The molecule has 0 bridgehead atoms. The number of aryl methyl sites for hydroxylation is 1. The number of hydrogen-bond acceptors (Lipinski definition) is 4. The Hall–Kier alpha value is -0.940. The minimum absolute atomic E-state index is 0.0285. The highest BCUT2D eigenvalue weighted by Gasteiger charge is 2.32. The summed E-state index contributed by atoms with van der Waals surface area (Å²) in [7, 11) is 1.82. The van der Waals surface area contributed by atoms with Gasteiger partial charge in [-0.05, 0) is 20.4 Å². The average molecular weight is 211 g/mol. The fourth-order valence-electron chi connectivity index (χ4n) is 1.60. The Morgan fingerprint density at radius 2 is 2.50 bits per heavy atom. The molecule has 5 heteroatoms. The molecule has 1 amide bonds. The van der Waals surface area contributed by atoms with E-state index in [0.717, 1.165) is 23.8 Å². The maximum Gasteiger partial charge on any atom is 0.245 e. The van der Waals surface area contributed by atoms with E-state index in [1.54, 1.807) is 4.90 Å². The first-order valence-corrected chi connectivity index (χ1v) is 5.51. The molecule has 0 radical (unpaired) electrons. The summed E-state index contributed by atoms with van der Waals surface area (Å²) in [6.45, 7) is 2.72. The molecule has 0 aromatic carbocycles. The molecule has 1 N–H and O–H groups in total. The molecule has 4 nitrogen and oxygen atoms in total. The summed E-state index contributed by atoms with van der Waals surface area (Å²) < 4.78 is 0. The number of aromatic nitrogens is 1. The van der Waals surface area contributed by atoms with Gasteiger partial charge in [-0.2, -0.15) is 0 Å². The van der Waals surface area contributed by atoms with Gasteiger partial charge >= 0.3 is 0 Å². The van der Waals surface area contributed by atoms with E-state index in [-0.39, 0.29) is 11.9 Å². The molecule has 1 aromatic heterocycles. The fraction of sp³-hybridized carbons (Fsp3) is 0.556. The van der Waals surface area contributed by atoms with Gasteiger partial charge in [-0.1, -0.05) is 0 Å². The summed E-state index contributed by atoms with van der Waals surface area (Å²) in [6.07, 6.45) is 0.869. The first-order valence-electron chi connectivity index (χ1n) is 4.63. The first-order chi connectivity index (χ1) is 6.72. The Balaban J connectivity index is 2.17. The third kappa shape index (κ3) is 1.53. The summed E-state index contributed by atoms with van der Waals surface area (Å²) in [5.74, 6) is 0.141. The van der Waals surface area contributed by atoms with E-state index < -0.39 is 0 Å². The average Bonchev–Trinajstić information content (AvgIpc) is 2.72. The van der Waals surface area contributed by atoms with Crippen molar-refractivity contribution in [2.45, 2.75) is 19.4 Å². The number of nitrogens with zero attached hydrogens (tertiary/aromatic N) is 2. The van der Waals surface area contributed by atoms with Crippen LogP contribution in [-0.4, -0.2) is 30.5 Å². The number of hydrogen-bond donors (Lipinski definition) is 1. The molecule has 0 spiro atoms. The summed E-state index contributed by atoms with van der Waals surface area (Å²) in [5, 5.41) is 5.80. The van der Waals surface area contributed by atoms with Gasteiger partial charge < -0.3 is 5.32 Å². The normalized spacial score (nSPS) is 22.0. The van der Waals surface area contributed by atoms with E-state index in [1.165, 1.54) is 11.3 Å². The van der Waals surface area contributed by atoms with Gasteiger partial charge in [0.2, 0.25) is 5.91 Å². The van der Waals surface area contributed by atoms with Crippen LogP contribution >= 0.6 is 11.3 Å². The summed E-state index contributed by atoms with van der Waals surface area (Å²) >= 11 is 1.53.